The molecule has 1 aliphatic carbocycles. The molecule has 0 saturated carbocycles. The van der Waals surface area contributed by atoms with Crippen LogP contribution in [0, 0.1) is 0 Å². The van der Waals surface area contributed by atoms with Crippen LogP contribution in [-0.2, 0) is 0 Å². The first-order valence-corrected chi connectivity index (χ1v) is 7.68. The molecule has 1 nitrogen and oxygen atoms in total. The summed E-state index contributed by atoms with van der Waals surface area (Å²) in [5, 5.41) is 3.98. The summed E-state index contributed by atoms with van der Waals surface area (Å²) in [7, 11) is 0. The molecular formula is C21H15N. The lowest BCUT2D eigenvalue weighted by Gasteiger charge is -2.20. The fourth-order valence-electron chi connectivity index (χ4n) is 3.64. The highest BCUT2D eigenvalue weighted by atomic mass is 14.7. The van der Waals surface area contributed by atoms with Crippen LogP contribution in [0.5, 0.6) is 0 Å². The highest BCUT2D eigenvalue weighted by molar-refractivity contribution is 5.96. The van der Waals surface area contributed by atoms with Crippen LogP contribution >= 0.6 is 0 Å². The van der Waals surface area contributed by atoms with Gasteiger partial charge in [-0.3, -0.25) is 0 Å². The van der Waals surface area contributed by atoms with Gasteiger partial charge < -0.3 is 4.98 Å². The maximum Gasteiger partial charge on any atom is 0.0456 e. The van der Waals surface area contributed by atoms with Crippen LogP contribution in [-0.4, -0.2) is 4.98 Å². The zero-order chi connectivity index (χ0) is 14.5. The molecule has 5 rings (SSSR count). The van der Waals surface area contributed by atoms with E-state index < -0.39 is 0 Å². The number of nitrogens with one attached hydrogen (secondary N) is 1. The van der Waals surface area contributed by atoms with Gasteiger partial charge in [0.05, 0.1) is 0 Å². The van der Waals surface area contributed by atoms with Crippen LogP contribution in [0.1, 0.15) is 22.7 Å². The predicted molar refractivity (Wildman–Crippen MR) is 93.1 cm³/mol. The van der Waals surface area contributed by atoms with Gasteiger partial charge in [0.2, 0.25) is 0 Å². The fraction of sp³-hybridized carbons (Fsp3) is 0.0476. The van der Waals surface area contributed by atoms with Crippen LogP contribution in [0.3, 0.4) is 0 Å². The monoisotopic (exact) mass is 281 g/mol. The van der Waals surface area contributed by atoms with E-state index in [1.54, 1.807) is 0 Å². The number of aromatic amines is 1. The lowest BCUT2D eigenvalue weighted by molar-refractivity contribution is 0.990. The zero-order valence-electron chi connectivity index (χ0n) is 12.1. The van der Waals surface area contributed by atoms with Crippen LogP contribution in [0.15, 0.2) is 72.8 Å². The molecule has 0 aliphatic heterocycles. The molecule has 22 heavy (non-hydrogen) atoms. The number of hydrogen-bond donors (Lipinski definition) is 1. The molecule has 1 aromatic heterocycles. The second-order valence-corrected chi connectivity index (χ2v) is 5.94. The Morgan fingerprint density at radius 3 is 2.50 bits per heavy atom. The van der Waals surface area contributed by atoms with E-state index in [1.807, 2.05) is 0 Å². The van der Waals surface area contributed by atoms with Crippen LogP contribution in [0.25, 0.3) is 27.8 Å². The summed E-state index contributed by atoms with van der Waals surface area (Å²) in [5.41, 5.74) is 5.18. The van der Waals surface area contributed by atoms with Crippen molar-refractivity contribution in [3.63, 3.8) is 0 Å². The average molecular weight is 281 g/mol. The number of rotatable bonds is 1. The van der Waals surface area contributed by atoms with Gasteiger partial charge in [-0.2, -0.15) is 0 Å². The Morgan fingerprint density at radius 1 is 0.773 bits per heavy atom. The third-order valence-electron chi connectivity index (χ3n) is 4.66. The normalized spacial score (nSPS) is 16.5. The molecule has 1 aliphatic rings. The summed E-state index contributed by atoms with van der Waals surface area (Å²) in [6, 6.07) is 23.9. The molecular weight excluding hydrogens is 266 g/mol. The number of hydrogen-bond acceptors (Lipinski definition) is 0. The molecule has 1 heteroatoms. The quantitative estimate of drug-likeness (QED) is 0.475. The molecule has 1 heterocycles. The van der Waals surface area contributed by atoms with Crippen molar-refractivity contribution < 1.29 is 0 Å². The Hall–Kier alpha value is -2.80. The Morgan fingerprint density at radius 2 is 1.59 bits per heavy atom. The van der Waals surface area contributed by atoms with E-state index in [9.17, 15) is 0 Å². The van der Waals surface area contributed by atoms with Crippen LogP contribution < -0.4 is 0 Å². The molecule has 0 spiro atoms. The van der Waals surface area contributed by atoms with Crippen molar-refractivity contribution in [1.29, 1.82) is 0 Å². The van der Waals surface area contributed by atoms with Gasteiger partial charge in [-0.05, 0) is 39.4 Å². The van der Waals surface area contributed by atoms with Crippen LogP contribution in [0.4, 0.5) is 0 Å². The minimum absolute atomic E-state index is 0.297. The average Bonchev–Trinajstić information content (AvgIpc) is 2.99. The summed E-state index contributed by atoms with van der Waals surface area (Å²) in [6.07, 6.45) is 4.56. The molecule has 104 valence electrons. The Balaban J connectivity index is 1.77. The first-order chi connectivity index (χ1) is 10.9. The molecule has 0 amide bonds. The molecule has 4 aromatic rings. The van der Waals surface area contributed by atoms with Gasteiger partial charge >= 0.3 is 0 Å². The summed E-state index contributed by atoms with van der Waals surface area (Å²) < 4.78 is 0. The second-order valence-electron chi connectivity index (χ2n) is 5.94. The van der Waals surface area contributed by atoms with Crippen molar-refractivity contribution in [2.45, 2.75) is 5.92 Å². The Bertz CT molecular complexity index is 998. The molecule has 0 fully saturated rings. The molecule has 1 unspecified atom stereocenters. The van der Waals surface area contributed by atoms with Crippen molar-refractivity contribution in [2.75, 3.05) is 0 Å². The predicted octanol–water partition coefficient (Wildman–Crippen LogP) is 5.48. The summed E-state index contributed by atoms with van der Waals surface area (Å²) in [5.74, 6) is 0.297. The van der Waals surface area contributed by atoms with Gasteiger partial charge in [-0.1, -0.05) is 66.7 Å². The number of allylic oxidation sites excluding steroid dienone is 1. The Labute approximate surface area is 128 Å². The molecule has 1 N–H and O–H groups in total. The lowest BCUT2D eigenvalue weighted by atomic mass is 9.84. The molecule has 0 saturated heterocycles. The highest BCUT2D eigenvalue weighted by Gasteiger charge is 2.20. The van der Waals surface area contributed by atoms with Crippen molar-refractivity contribution in [1.82, 2.24) is 4.98 Å². The highest BCUT2D eigenvalue weighted by Crippen LogP contribution is 2.38. The lowest BCUT2D eigenvalue weighted by Crippen LogP contribution is -2.03. The van der Waals surface area contributed by atoms with Gasteiger partial charge in [-0.25, -0.2) is 0 Å². The fourth-order valence-corrected chi connectivity index (χ4v) is 3.64. The number of aromatic nitrogens is 1. The molecule has 3 aromatic carbocycles. The standard InChI is InChI=1S/C21H15N/c1-2-10-19-16(5-1)13-20(22-19)17-12-11-15-7-3-6-14-8-4-9-18(17)21(14)15/h1-13,17,22H. The van der Waals surface area contributed by atoms with Gasteiger partial charge in [0, 0.05) is 17.1 Å². The van der Waals surface area contributed by atoms with Gasteiger partial charge in [-0.15, -0.1) is 0 Å². The first-order valence-electron chi connectivity index (χ1n) is 7.68. The SMILES string of the molecule is C1=CC(c2cc3ccccc3[nH]2)c2cccc3cccc1c23. The summed E-state index contributed by atoms with van der Waals surface area (Å²) in [6.45, 7) is 0. The van der Waals surface area contributed by atoms with Gasteiger partial charge in [0.1, 0.15) is 0 Å². The largest absolute Gasteiger partial charge is 0.358 e. The number of benzene rings is 3. The summed E-state index contributed by atoms with van der Waals surface area (Å²) in [4.78, 5) is 3.59. The van der Waals surface area contributed by atoms with E-state index in [0.29, 0.717) is 5.92 Å². The van der Waals surface area contributed by atoms with Crippen molar-refractivity contribution in [2.24, 2.45) is 0 Å². The first kappa shape index (κ1) is 11.8. The van der Waals surface area contributed by atoms with Gasteiger partial charge in [0.25, 0.3) is 0 Å². The smallest absolute Gasteiger partial charge is 0.0456 e. The van der Waals surface area contributed by atoms with Gasteiger partial charge in [0.15, 0.2) is 0 Å². The van der Waals surface area contributed by atoms with Crippen LogP contribution in [0.2, 0.25) is 0 Å². The van der Waals surface area contributed by atoms with Crippen molar-refractivity contribution >= 4 is 27.8 Å². The molecule has 0 bridgehead atoms. The van der Waals surface area contributed by atoms with E-state index >= 15 is 0 Å². The summed E-state index contributed by atoms with van der Waals surface area (Å²) >= 11 is 0. The third-order valence-corrected chi connectivity index (χ3v) is 4.66. The van der Waals surface area contributed by atoms with E-state index in [2.05, 4.69) is 83.9 Å². The second kappa shape index (κ2) is 4.35. The van der Waals surface area contributed by atoms with Crippen molar-refractivity contribution in [3.05, 3.63) is 89.6 Å². The maximum absolute atomic E-state index is 3.59. The third kappa shape index (κ3) is 1.59. The van der Waals surface area contributed by atoms with E-state index in [-0.39, 0.29) is 0 Å². The zero-order valence-corrected chi connectivity index (χ0v) is 12.1. The number of fused-ring (bicyclic) bond motifs is 1. The van der Waals surface area contributed by atoms with E-state index in [4.69, 9.17) is 0 Å². The topological polar surface area (TPSA) is 15.8 Å². The maximum atomic E-state index is 3.59. The minimum atomic E-state index is 0.297. The van der Waals surface area contributed by atoms with Crippen molar-refractivity contribution in [3.8, 4) is 0 Å². The molecule has 0 radical (unpaired) electrons. The Kier molecular flexibility index (Phi) is 2.33. The minimum Gasteiger partial charge on any atom is -0.358 e. The van der Waals surface area contributed by atoms with E-state index in [1.165, 1.54) is 38.5 Å². The van der Waals surface area contributed by atoms with E-state index in [0.717, 1.165) is 0 Å². The molecule has 1 atom stereocenters. The number of H-pyrrole nitrogens is 1. The number of para-hydroxylation sites is 1.